The van der Waals surface area contributed by atoms with Crippen molar-refractivity contribution < 1.29 is 37.0 Å². The van der Waals surface area contributed by atoms with Crippen LogP contribution in [0.4, 0.5) is 17.6 Å². The molecule has 1 aromatic rings. The first-order valence-corrected chi connectivity index (χ1v) is 5.08. The normalized spacial score (nSPS) is 10.3. The van der Waals surface area contributed by atoms with E-state index < -0.39 is 47.4 Å². The molecule has 0 saturated carbocycles. The Morgan fingerprint density at radius 2 is 1.58 bits per heavy atom. The van der Waals surface area contributed by atoms with E-state index in [0.717, 1.165) is 0 Å². The molecule has 1 aromatic carbocycles. The lowest BCUT2D eigenvalue weighted by Crippen LogP contribution is -2.12. The van der Waals surface area contributed by atoms with Crippen molar-refractivity contribution in [3.63, 3.8) is 0 Å². The molecule has 0 fully saturated rings. The number of carboxylic acids is 1. The molecule has 0 amide bonds. The minimum absolute atomic E-state index is 0.0214. The summed E-state index contributed by atoms with van der Waals surface area (Å²) in [6.07, 6.45) is -0.934. The molecule has 0 heterocycles. The summed E-state index contributed by atoms with van der Waals surface area (Å²) in [6, 6.07) is -0.0214. The molecule has 0 aliphatic heterocycles. The lowest BCUT2D eigenvalue weighted by atomic mass is 10.2. The highest BCUT2D eigenvalue weighted by Gasteiger charge is 2.22. The summed E-state index contributed by atoms with van der Waals surface area (Å²) in [5.41, 5.74) is 0. The number of rotatable bonds is 5. The van der Waals surface area contributed by atoms with Crippen LogP contribution >= 0.6 is 0 Å². The van der Waals surface area contributed by atoms with E-state index in [1.807, 2.05) is 0 Å². The molecular weight excluding hydrogens is 272 g/mol. The highest BCUT2D eigenvalue weighted by molar-refractivity contribution is 5.73. The Kier molecular flexibility index (Phi) is 4.85. The van der Waals surface area contributed by atoms with Gasteiger partial charge in [0.05, 0.1) is 0 Å². The number of carbonyl (C=O) groups is 2. The van der Waals surface area contributed by atoms with E-state index in [2.05, 4.69) is 4.74 Å². The topological polar surface area (TPSA) is 63.6 Å². The van der Waals surface area contributed by atoms with Gasteiger partial charge in [0, 0.05) is 18.9 Å². The number of ether oxygens (including phenoxy) is 1. The van der Waals surface area contributed by atoms with Gasteiger partial charge in [-0.1, -0.05) is 0 Å². The van der Waals surface area contributed by atoms with Gasteiger partial charge in [-0.2, -0.15) is 8.78 Å². The number of hydrogen-bond acceptors (Lipinski definition) is 3. The van der Waals surface area contributed by atoms with Crippen molar-refractivity contribution in [2.75, 3.05) is 0 Å². The van der Waals surface area contributed by atoms with Crippen molar-refractivity contribution in [1.82, 2.24) is 0 Å². The number of carbonyl (C=O) groups excluding carboxylic acids is 1. The molecule has 0 spiro atoms. The second-order valence-corrected chi connectivity index (χ2v) is 3.52. The molecule has 0 aliphatic carbocycles. The van der Waals surface area contributed by atoms with Gasteiger partial charge in [-0.15, -0.1) is 0 Å². The Balaban J connectivity index is 2.77. The SMILES string of the molecule is O=C(O)CCCC(=O)Oc1c(F)c(F)cc(F)c1F. The number of esters is 1. The lowest BCUT2D eigenvalue weighted by Gasteiger charge is -2.07. The monoisotopic (exact) mass is 280 g/mol. The van der Waals surface area contributed by atoms with Crippen LogP contribution in [0.5, 0.6) is 5.75 Å². The summed E-state index contributed by atoms with van der Waals surface area (Å²) in [6.45, 7) is 0. The highest BCUT2D eigenvalue weighted by Crippen LogP contribution is 2.26. The smallest absolute Gasteiger partial charge is 0.311 e. The Hall–Kier alpha value is -2.12. The first kappa shape index (κ1) is 14.9. The summed E-state index contributed by atoms with van der Waals surface area (Å²) >= 11 is 0. The minimum Gasteiger partial charge on any atom is -0.481 e. The van der Waals surface area contributed by atoms with Crippen LogP contribution in [-0.4, -0.2) is 17.0 Å². The van der Waals surface area contributed by atoms with Gasteiger partial charge in [-0.05, 0) is 6.42 Å². The molecule has 4 nitrogen and oxygen atoms in total. The van der Waals surface area contributed by atoms with E-state index in [1.54, 1.807) is 0 Å². The zero-order valence-electron chi connectivity index (χ0n) is 9.38. The average Bonchev–Trinajstić information content (AvgIpc) is 2.32. The molecule has 0 aromatic heterocycles. The predicted molar refractivity (Wildman–Crippen MR) is 53.4 cm³/mol. The van der Waals surface area contributed by atoms with Crippen LogP contribution in [0, 0.1) is 23.3 Å². The first-order valence-electron chi connectivity index (χ1n) is 5.08. The molecule has 8 heteroatoms. The number of aliphatic carboxylic acids is 1. The first-order chi connectivity index (χ1) is 8.82. The second kappa shape index (κ2) is 6.17. The third-order valence-corrected chi connectivity index (χ3v) is 2.06. The van der Waals surface area contributed by atoms with Crippen molar-refractivity contribution >= 4 is 11.9 Å². The van der Waals surface area contributed by atoms with Crippen molar-refractivity contribution in [2.45, 2.75) is 19.3 Å². The van der Waals surface area contributed by atoms with Crippen LogP contribution in [0.1, 0.15) is 19.3 Å². The van der Waals surface area contributed by atoms with E-state index >= 15 is 0 Å². The molecule has 0 radical (unpaired) electrons. The Morgan fingerprint density at radius 3 is 2.05 bits per heavy atom. The van der Waals surface area contributed by atoms with Crippen molar-refractivity contribution in [3.8, 4) is 5.75 Å². The van der Waals surface area contributed by atoms with E-state index in [1.165, 1.54) is 0 Å². The summed E-state index contributed by atoms with van der Waals surface area (Å²) < 4.78 is 55.9. The average molecular weight is 280 g/mol. The van der Waals surface area contributed by atoms with Crippen LogP contribution in [0.3, 0.4) is 0 Å². The Bertz CT molecular complexity index is 490. The summed E-state index contributed by atoms with van der Waals surface area (Å²) in [5.74, 6) is -10.9. The van der Waals surface area contributed by atoms with Crippen molar-refractivity contribution in [1.29, 1.82) is 0 Å². The maximum absolute atomic E-state index is 13.1. The van der Waals surface area contributed by atoms with Gasteiger partial charge in [0.2, 0.25) is 17.4 Å². The van der Waals surface area contributed by atoms with Gasteiger partial charge < -0.3 is 9.84 Å². The van der Waals surface area contributed by atoms with Gasteiger partial charge in [0.1, 0.15) is 0 Å². The molecular formula is C11H8F4O4. The zero-order chi connectivity index (χ0) is 14.6. The van der Waals surface area contributed by atoms with E-state index in [4.69, 9.17) is 5.11 Å². The zero-order valence-corrected chi connectivity index (χ0v) is 9.38. The van der Waals surface area contributed by atoms with E-state index in [0.29, 0.717) is 0 Å². The fourth-order valence-electron chi connectivity index (χ4n) is 1.19. The maximum atomic E-state index is 13.1. The van der Waals surface area contributed by atoms with Gasteiger partial charge in [0.15, 0.2) is 11.6 Å². The highest BCUT2D eigenvalue weighted by atomic mass is 19.2. The largest absolute Gasteiger partial charge is 0.481 e. The minimum atomic E-state index is -1.83. The van der Waals surface area contributed by atoms with Crippen LogP contribution < -0.4 is 4.74 Å². The van der Waals surface area contributed by atoms with Gasteiger partial charge >= 0.3 is 11.9 Å². The van der Waals surface area contributed by atoms with Crippen LogP contribution in [0.15, 0.2) is 6.07 Å². The summed E-state index contributed by atoms with van der Waals surface area (Å²) in [4.78, 5) is 21.3. The van der Waals surface area contributed by atoms with Crippen LogP contribution in [0.25, 0.3) is 0 Å². The summed E-state index contributed by atoms with van der Waals surface area (Å²) in [7, 11) is 0. The van der Waals surface area contributed by atoms with Gasteiger partial charge in [-0.3, -0.25) is 9.59 Å². The molecule has 0 aliphatic rings. The Morgan fingerprint density at radius 1 is 1.05 bits per heavy atom. The van der Waals surface area contributed by atoms with Crippen LogP contribution in [0.2, 0.25) is 0 Å². The molecule has 0 bridgehead atoms. The maximum Gasteiger partial charge on any atom is 0.311 e. The molecule has 1 rings (SSSR count). The second-order valence-electron chi connectivity index (χ2n) is 3.52. The molecule has 0 saturated heterocycles. The fraction of sp³-hybridized carbons (Fsp3) is 0.273. The van der Waals surface area contributed by atoms with Gasteiger partial charge in [0.25, 0.3) is 0 Å². The number of carboxylic acid groups (broad SMARTS) is 1. The number of hydrogen-bond donors (Lipinski definition) is 1. The van der Waals surface area contributed by atoms with Crippen molar-refractivity contribution in [2.24, 2.45) is 0 Å². The molecule has 1 N–H and O–H groups in total. The number of benzene rings is 1. The third kappa shape index (κ3) is 3.94. The predicted octanol–water partition coefficient (Wildman–Crippen LogP) is 2.40. The van der Waals surface area contributed by atoms with E-state index in [9.17, 15) is 27.2 Å². The molecule has 19 heavy (non-hydrogen) atoms. The molecule has 0 unspecified atom stereocenters. The molecule has 104 valence electrons. The lowest BCUT2D eigenvalue weighted by molar-refractivity contribution is -0.137. The third-order valence-electron chi connectivity index (χ3n) is 2.06. The Labute approximate surface area is 104 Å². The van der Waals surface area contributed by atoms with E-state index in [-0.39, 0.29) is 18.9 Å². The molecule has 0 atom stereocenters. The van der Waals surface area contributed by atoms with Crippen LogP contribution in [-0.2, 0) is 9.59 Å². The number of halogens is 4. The van der Waals surface area contributed by atoms with Crippen molar-refractivity contribution in [3.05, 3.63) is 29.3 Å². The summed E-state index contributed by atoms with van der Waals surface area (Å²) in [5, 5.41) is 8.31. The fourth-order valence-corrected chi connectivity index (χ4v) is 1.19. The standard InChI is InChI=1S/C11H8F4O4/c12-5-4-6(13)10(15)11(9(5)14)19-8(18)3-1-2-7(16)17/h4H,1-3H2,(H,16,17). The quantitative estimate of drug-likeness (QED) is 0.389. The van der Waals surface area contributed by atoms with Gasteiger partial charge in [-0.25, -0.2) is 8.78 Å².